The summed E-state index contributed by atoms with van der Waals surface area (Å²) in [6.07, 6.45) is 7.01. The van der Waals surface area contributed by atoms with Crippen molar-refractivity contribution in [2.24, 2.45) is 22.7 Å². The lowest BCUT2D eigenvalue weighted by Gasteiger charge is -2.64. The van der Waals surface area contributed by atoms with Gasteiger partial charge in [0.05, 0.1) is 4.32 Å². The highest BCUT2D eigenvalue weighted by Gasteiger charge is 2.75. The first kappa shape index (κ1) is 26.8. The molecule has 0 saturated heterocycles. The smallest absolute Gasteiger partial charge is 0.303 e. The van der Waals surface area contributed by atoms with Crippen molar-refractivity contribution in [1.29, 1.82) is 0 Å². The first-order valence-electron chi connectivity index (χ1n) is 12.4. The van der Waals surface area contributed by atoms with Crippen LogP contribution in [-0.4, -0.2) is 52.1 Å². The maximum absolute atomic E-state index is 13.6. The summed E-state index contributed by atoms with van der Waals surface area (Å²) in [6, 6.07) is 0. The number of Topliss-reactive ketones (excluding diaryl/α,β-unsaturated/α-hetero) is 1. The molecule has 0 heterocycles. The quantitative estimate of drug-likeness (QED) is 0.281. The van der Waals surface area contributed by atoms with E-state index in [0.29, 0.717) is 19.3 Å². The van der Waals surface area contributed by atoms with Gasteiger partial charge in [-0.1, -0.05) is 41.4 Å². The zero-order chi connectivity index (χ0) is 26.7. The molecule has 4 aliphatic rings. The highest BCUT2D eigenvalue weighted by Crippen LogP contribution is 2.72. The molecule has 4 rings (SSSR count). The van der Waals surface area contributed by atoms with E-state index in [0.717, 1.165) is 5.57 Å². The van der Waals surface area contributed by atoms with Crippen molar-refractivity contribution in [2.75, 3.05) is 6.61 Å². The van der Waals surface area contributed by atoms with Crippen LogP contribution in [0.1, 0.15) is 66.7 Å². The topological polar surface area (TPSA) is 113 Å². The number of ketones is 2. The van der Waals surface area contributed by atoms with Gasteiger partial charge in [0.1, 0.15) is 6.10 Å². The van der Waals surface area contributed by atoms with Gasteiger partial charge in [0.25, 0.3) is 0 Å². The average molecular weight is 565 g/mol. The molecule has 36 heavy (non-hydrogen) atoms. The van der Waals surface area contributed by atoms with Crippen molar-refractivity contribution in [2.45, 2.75) is 82.8 Å². The van der Waals surface area contributed by atoms with Crippen molar-refractivity contribution < 1.29 is 38.2 Å². The summed E-state index contributed by atoms with van der Waals surface area (Å²) in [4.78, 5) is 62.0. The van der Waals surface area contributed by atoms with E-state index in [-0.39, 0.29) is 30.5 Å². The minimum atomic E-state index is -1.51. The summed E-state index contributed by atoms with van der Waals surface area (Å²) in [5.74, 6) is -2.30. The number of hydrogen-bond acceptors (Lipinski definition) is 8. The molecular formula is C27H33BrO8. The molecule has 0 aromatic rings. The predicted octanol–water partition coefficient (Wildman–Crippen LogP) is 3.79. The van der Waals surface area contributed by atoms with Crippen LogP contribution in [0.4, 0.5) is 0 Å². The summed E-state index contributed by atoms with van der Waals surface area (Å²) >= 11 is 4.08. The van der Waals surface area contributed by atoms with Crippen LogP contribution >= 0.6 is 15.9 Å². The Hall–Kier alpha value is -2.29. The predicted molar refractivity (Wildman–Crippen MR) is 132 cm³/mol. The van der Waals surface area contributed by atoms with Crippen LogP contribution in [0.25, 0.3) is 0 Å². The summed E-state index contributed by atoms with van der Waals surface area (Å²) in [5, 5.41) is 0. The lowest BCUT2D eigenvalue weighted by atomic mass is 9.46. The van der Waals surface area contributed by atoms with Crippen molar-refractivity contribution >= 4 is 45.4 Å². The van der Waals surface area contributed by atoms with Gasteiger partial charge in [-0.05, 0) is 56.1 Å². The van der Waals surface area contributed by atoms with Crippen LogP contribution in [0.5, 0.6) is 0 Å². The number of rotatable bonds is 5. The van der Waals surface area contributed by atoms with Gasteiger partial charge < -0.3 is 14.2 Å². The van der Waals surface area contributed by atoms with E-state index >= 15 is 0 Å². The average Bonchev–Trinajstić information content (AvgIpc) is 3.05. The Labute approximate surface area is 219 Å². The first-order chi connectivity index (χ1) is 16.7. The minimum absolute atomic E-state index is 0.0560. The van der Waals surface area contributed by atoms with E-state index in [9.17, 15) is 24.0 Å². The SMILES string of the molecule is CC(=O)OCC(=O)[C@]1(OC(C)=O)CC[C@H]2[C@@H]3CCC4=CC(=O)C=C[C@]4(C)[C@@]3(Br)[C@H](OC(C)=O)C[C@@]21C. The van der Waals surface area contributed by atoms with Gasteiger partial charge in [-0.3, -0.25) is 24.0 Å². The van der Waals surface area contributed by atoms with E-state index in [1.165, 1.54) is 20.8 Å². The van der Waals surface area contributed by atoms with Crippen LogP contribution in [-0.2, 0) is 38.2 Å². The van der Waals surface area contributed by atoms with Crippen LogP contribution in [0.2, 0.25) is 0 Å². The molecule has 3 fully saturated rings. The second-order valence-corrected chi connectivity index (χ2v) is 12.3. The normalized spacial score (nSPS) is 40.8. The fraction of sp³-hybridized carbons (Fsp3) is 0.667. The highest BCUT2D eigenvalue weighted by molar-refractivity contribution is 9.10. The molecule has 8 nitrogen and oxygen atoms in total. The molecule has 9 heteroatoms. The van der Waals surface area contributed by atoms with E-state index in [2.05, 4.69) is 22.9 Å². The maximum atomic E-state index is 13.6. The van der Waals surface area contributed by atoms with Crippen molar-refractivity contribution in [1.82, 2.24) is 0 Å². The Morgan fingerprint density at radius 3 is 2.33 bits per heavy atom. The third kappa shape index (κ3) is 3.72. The van der Waals surface area contributed by atoms with Gasteiger partial charge in [0.15, 0.2) is 18.0 Å². The standard InChI is InChI=1S/C27H33BrO8/c1-15(29)34-14-22(33)26(36-17(3)31)11-9-20-21-7-6-18-12-19(32)8-10-24(18,4)27(21,28)23(35-16(2)30)13-25(20,26)5/h8,10,12,20-21,23H,6-7,9,11,13-14H2,1-5H3/t20-,21-,23+,24-,25-,26+,27-/m0/s1. The van der Waals surface area contributed by atoms with E-state index in [1.807, 2.05) is 13.0 Å². The Morgan fingerprint density at radius 1 is 1.03 bits per heavy atom. The molecule has 4 aliphatic carbocycles. The highest BCUT2D eigenvalue weighted by atomic mass is 79.9. The molecule has 0 aromatic carbocycles. The van der Waals surface area contributed by atoms with E-state index in [1.54, 1.807) is 12.2 Å². The van der Waals surface area contributed by atoms with Crippen molar-refractivity contribution in [3.63, 3.8) is 0 Å². The summed E-state index contributed by atoms with van der Waals surface area (Å²) in [7, 11) is 0. The molecule has 196 valence electrons. The van der Waals surface area contributed by atoms with Crippen molar-refractivity contribution in [3.05, 3.63) is 23.8 Å². The molecule has 0 aromatic heterocycles. The molecule has 0 spiro atoms. The van der Waals surface area contributed by atoms with Gasteiger partial charge in [-0.15, -0.1) is 0 Å². The second kappa shape index (κ2) is 8.92. The number of fused-ring (bicyclic) bond motifs is 5. The summed E-state index contributed by atoms with van der Waals surface area (Å²) in [5.41, 5.74) is -2.00. The molecule has 0 unspecified atom stereocenters. The monoisotopic (exact) mass is 564 g/mol. The Morgan fingerprint density at radius 2 is 1.72 bits per heavy atom. The van der Waals surface area contributed by atoms with Crippen molar-refractivity contribution in [3.8, 4) is 0 Å². The lowest BCUT2D eigenvalue weighted by Crippen LogP contribution is -2.69. The van der Waals surface area contributed by atoms with Gasteiger partial charge >= 0.3 is 17.9 Å². The lowest BCUT2D eigenvalue weighted by molar-refractivity contribution is -0.200. The Balaban J connectivity index is 1.85. The second-order valence-electron chi connectivity index (χ2n) is 11.0. The fourth-order valence-electron chi connectivity index (χ4n) is 7.70. The third-order valence-electron chi connectivity index (χ3n) is 9.22. The molecule has 3 saturated carbocycles. The molecule has 0 aliphatic heterocycles. The largest absolute Gasteiger partial charge is 0.461 e. The van der Waals surface area contributed by atoms with Gasteiger partial charge in [0.2, 0.25) is 5.78 Å². The minimum Gasteiger partial charge on any atom is -0.461 e. The van der Waals surface area contributed by atoms with E-state index < -0.39 is 57.2 Å². The number of carbonyl (C=O) groups is 5. The summed E-state index contributed by atoms with van der Waals surface area (Å²) < 4.78 is 16.2. The third-order valence-corrected chi connectivity index (χ3v) is 11.1. The molecule has 7 atom stereocenters. The first-order valence-corrected chi connectivity index (χ1v) is 13.2. The fourth-order valence-corrected chi connectivity index (χ4v) is 8.89. The maximum Gasteiger partial charge on any atom is 0.303 e. The number of halogens is 1. The molecule has 0 N–H and O–H groups in total. The Bertz CT molecular complexity index is 1090. The Kier molecular flexibility index (Phi) is 6.63. The number of ether oxygens (including phenoxy) is 3. The van der Waals surface area contributed by atoms with Crippen LogP contribution < -0.4 is 0 Å². The summed E-state index contributed by atoms with van der Waals surface area (Å²) in [6.45, 7) is 7.32. The molecule has 0 bridgehead atoms. The molecular weight excluding hydrogens is 532 g/mol. The van der Waals surface area contributed by atoms with Gasteiger partial charge in [-0.25, -0.2) is 0 Å². The molecule has 0 radical (unpaired) electrons. The van der Waals surface area contributed by atoms with Crippen LogP contribution in [0, 0.1) is 22.7 Å². The zero-order valence-electron chi connectivity index (χ0n) is 21.4. The van der Waals surface area contributed by atoms with E-state index in [4.69, 9.17) is 14.2 Å². The molecule has 0 amide bonds. The number of esters is 3. The number of alkyl halides is 1. The zero-order valence-corrected chi connectivity index (χ0v) is 22.9. The number of allylic oxidation sites excluding steroid dienone is 4. The van der Waals surface area contributed by atoms with Crippen LogP contribution in [0.15, 0.2) is 23.8 Å². The van der Waals surface area contributed by atoms with Gasteiger partial charge in [0, 0.05) is 31.6 Å². The van der Waals surface area contributed by atoms with Gasteiger partial charge in [-0.2, -0.15) is 0 Å². The number of carbonyl (C=O) groups excluding carboxylic acids is 5. The van der Waals surface area contributed by atoms with Crippen LogP contribution in [0.3, 0.4) is 0 Å². The number of hydrogen-bond donors (Lipinski definition) is 0.